The van der Waals surface area contributed by atoms with Crippen molar-refractivity contribution in [2.24, 2.45) is 4.99 Å². The van der Waals surface area contributed by atoms with Crippen LogP contribution in [0.1, 0.15) is 25.1 Å². The number of hydrogen-bond acceptors (Lipinski definition) is 2. The average molecular weight is 240 g/mol. The van der Waals surface area contributed by atoms with Crippen molar-refractivity contribution in [3.8, 4) is 0 Å². The molecule has 0 unspecified atom stereocenters. The van der Waals surface area contributed by atoms with Crippen LogP contribution in [0.15, 0.2) is 11.1 Å². The highest BCUT2D eigenvalue weighted by Gasteiger charge is 2.05. The Bertz CT molecular complexity index is 388. The summed E-state index contributed by atoms with van der Waals surface area (Å²) >= 11 is 6.02. The minimum absolute atomic E-state index is 0.586. The fraction of sp³-hybridized carbons (Fsp3) is 0.500. The lowest BCUT2D eigenvalue weighted by Crippen LogP contribution is -2.14. The number of aliphatic imine (C=N–C) groups is 1. The standard InChI is InChI=1S/C12H18ClN3/c1-5-10-7-11(9(3)15-12(10)13)14-8-16(4)6-2/h7-8H,5-6H2,1-4H3/b14-8+. The molecule has 88 valence electrons. The quantitative estimate of drug-likeness (QED) is 0.459. The molecule has 1 aromatic rings. The first-order valence-electron chi connectivity index (χ1n) is 5.48. The van der Waals surface area contributed by atoms with E-state index in [9.17, 15) is 0 Å². The second kappa shape index (κ2) is 5.85. The molecule has 0 spiro atoms. The van der Waals surface area contributed by atoms with Crippen LogP contribution >= 0.6 is 11.6 Å². The average Bonchev–Trinajstić information content (AvgIpc) is 2.27. The molecule has 0 N–H and O–H groups in total. The summed E-state index contributed by atoms with van der Waals surface area (Å²) in [4.78, 5) is 10.7. The zero-order chi connectivity index (χ0) is 12.1. The van der Waals surface area contributed by atoms with E-state index in [2.05, 4.69) is 23.8 Å². The van der Waals surface area contributed by atoms with Crippen molar-refractivity contribution in [2.75, 3.05) is 13.6 Å². The molecule has 0 bridgehead atoms. The fourth-order valence-corrected chi connectivity index (χ4v) is 1.54. The molecule has 0 saturated carbocycles. The molecule has 0 saturated heterocycles. The van der Waals surface area contributed by atoms with E-state index in [0.717, 1.165) is 29.9 Å². The van der Waals surface area contributed by atoms with Crippen LogP contribution in [0.2, 0.25) is 5.15 Å². The molecule has 0 fully saturated rings. The molecule has 0 radical (unpaired) electrons. The van der Waals surface area contributed by atoms with Crippen LogP contribution in [0.5, 0.6) is 0 Å². The van der Waals surface area contributed by atoms with E-state index in [1.165, 1.54) is 0 Å². The first kappa shape index (κ1) is 13.0. The van der Waals surface area contributed by atoms with Crippen molar-refractivity contribution in [2.45, 2.75) is 27.2 Å². The lowest BCUT2D eigenvalue weighted by atomic mass is 10.2. The van der Waals surface area contributed by atoms with Crippen LogP contribution in [0.3, 0.4) is 0 Å². The van der Waals surface area contributed by atoms with Crippen LogP contribution < -0.4 is 0 Å². The molecule has 1 rings (SSSR count). The molecule has 0 aromatic carbocycles. The Morgan fingerprint density at radius 2 is 2.19 bits per heavy atom. The molecule has 1 aromatic heterocycles. The van der Waals surface area contributed by atoms with E-state index in [-0.39, 0.29) is 0 Å². The molecule has 0 aliphatic rings. The highest BCUT2D eigenvalue weighted by atomic mass is 35.5. The Morgan fingerprint density at radius 3 is 2.75 bits per heavy atom. The van der Waals surface area contributed by atoms with Crippen molar-refractivity contribution in [3.05, 3.63) is 22.5 Å². The SMILES string of the molecule is CCc1cc(/N=C/N(C)CC)c(C)nc1Cl. The van der Waals surface area contributed by atoms with Gasteiger partial charge in [-0.25, -0.2) is 9.98 Å². The second-order valence-corrected chi connectivity index (χ2v) is 4.07. The maximum Gasteiger partial charge on any atom is 0.132 e. The number of aryl methyl sites for hydroxylation is 2. The molecule has 16 heavy (non-hydrogen) atoms. The van der Waals surface area contributed by atoms with E-state index < -0.39 is 0 Å². The summed E-state index contributed by atoms with van der Waals surface area (Å²) in [5.41, 5.74) is 2.79. The lowest BCUT2D eigenvalue weighted by Gasteiger charge is -2.09. The molecular formula is C12H18ClN3. The topological polar surface area (TPSA) is 28.5 Å². The van der Waals surface area contributed by atoms with Crippen molar-refractivity contribution in [3.63, 3.8) is 0 Å². The summed E-state index contributed by atoms with van der Waals surface area (Å²) in [5, 5.41) is 0.586. The van der Waals surface area contributed by atoms with Gasteiger partial charge in [0, 0.05) is 13.6 Å². The fourth-order valence-electron chi connectivity index (χ4n) is 1.23. The molecule has 0 atom stereocenters. The van der Waals surface area contributed by atoms with Gasteiger partial charge in [-0.1, -0.05) is 18.5 Å². The van der Waals surface area contributed by atoms with Gasteiger partial charge >= 0.3 is 0 Å². The van der Waals surface area contributed by atoms with Gasteiger partial charge in [-0.05, 0) is 31.9 Å². The number of halogens is 1. The summed E-state index contributed by atoms with van der Waals surface area (Å²) in [7, 11) is 1.99. The van der Waals surface area contributed by atoms with Crippen LogP contribution in [-0.4, -0.2) is 29.8 Å². The summed E-state index contributed by atoms with van der Waals surface area (Å²) < 4.78 is 0. The Labute approximate surface area is 102 Å². The molecular weight excluding hydrogens is 222 g/mol. The summed E-state index contributed by atoms with van der Waals surface area (Å²) in [6.45, 7) is 6.99. The Balaban J connectivity index is 3.00. The lowest BCUT2D eigenvalue weighted by molar-refractivity contribution is 0.552. The third-order valence-corrected chi connectivity index (χ3v) is 2.81. The van der Waals surface area contributed by atoms with Gasteiger partial charge in [-0.3, -0.25) is 0 Å². The number of pyridine rings is 1. The van der Waals surface area contributed by atoms with Crippen molar-refractivity contribution in [1.29, 1.82) is 0 Å². The predicted octanol–water partition coefficient (Wildman–Crippen LogP) is 3.22. The molecule has 3 nitrogen and oxygen atoms in total. The van der Waals surface area contributed by atoms with Crippen LogP contribution in [-0.2, 0) is 6.42 Å². The Morgan fingerprint density at radius 1 is 1.50 bits per heavy atom. The minimum atomic E-state index is 0.586. The molecule has 4 heteroatoms. The molecule has 0 aliphatic heterocycles. The largest absolute Gasteiger partial charge is 0.366 e. The smallest absolute Gasteiger partial charge is 0.132 e. The highest BCUT2D eigenvalue weighted by molar-refractivity contribution is 6.30. The molecule has 1 heterocycles. The van der Waals surface area contributed by atoms with Gasteiger partial charge < -0.3 is 4.90 Å². The van der Waals surface area contributed by atoms with Gasteiger partial charge in [0.15, 0.2) is 0 Å². The van der Waals surface area contributed by atoms with Gasteiger partial charge in [0.2, 0.25) is 0 Å². The summed E-state index contributed by atoms with van der Waals surface area (Å²) in [6.07, 6.45) is 2.69. The van der Waals surface area contributed by atoms with E-state index >= 15 is 0 Å². The maximum atomic E-state index is 6.02. The van der Waals surface area contributed by atoms with Gasteiger partial charge in [0.1, 0.15) is 5.15 Å². The van der Waals surface area contributed by atoms with Gasteiger partial charge in [-0.2, -0.15) is 0 Å². The van der Waals surface area contributed by atoms with E-state index in [4.69, 9.17) is 11.6 Å². The summed E-state index contributed by atoms with van der Waals surface area (Å²) in [5.74, 6) is 0. The normalized spacial score (nSPS) is 11.1. The van der Waals surface area contributed by atoms with Crippen LogP contribution in [0.25, 0.3) is 0 Å². The number of aromatic nitrogens is 1. The monoisotopic (exact) mass is 239 g/mol. The maximum absolute atomic E-state index is 6.02. The van der Waals surface area contributed by atoms with Gasteiger partial charge in [-0.15, -0.1) is 0 Å². The van der Waals surface area contributed by atoms with Crippen molar-refractivity contribution < 1.29 is 0 Å². The first-order chi connectivity index (χ1) is 7.58. The first-order valence-corrected chi connectivity index (χ1v) is 5.86. The third-order valence-electron chi connectivity index (χ3n) is 2.49. The van der Waals surface area contributed by atoms with Crippen molar-refractivity contribution >= 4 is 23.6 Å². The molecule has 0 aliphatic carbocycles. The van der Waals surface area contributed by atoms with E-state index in [0.29, 0.717) is 5.15 Å². The van der Waals surface area contributed by atoms with Crippen LogP contribution in [0.4, 0.5) is 5.69 Å². The second-order valence-electron chi connectivity index (χ2n) is 3.71. The van der Waals surface area contributed by atoms with E-state index in [1.807, 2.05) is 31.3 Å². The third kappa shape index (κ3) is 3.20. The minimum Gasteiger partial charge on any atom is -0.366 e. The Hall–Kier alpha value is -1.09. The zero-order valence-electron chi connectivity index (χ0n) is 10.3. The Kier molecular flexibility index (Phi) is 4.74. The van der Waals surface area contributed by atoms with Crippen LogP contribution in [0, 0.1) is 6.92 Å². The zero-order valence-corrected chi connectivity index (χ0v) is 11.0. The number of hydrogen-bond donors (Lipinski definition) is 0. The van der Waals surface area contributed by atoms with Crippen molar-refractivity contribution in [1.82, 2.24) is 9.88 Å². The summed E-state index contributed by atoms with van der Waals surface area (Å²) in [6, 6.07) is 2.00. The predicted molar refractivity (Wildman–Crippen MR) is 69.8 cm³/mol. The number of nitrogens with zero attached hydrogens (tertiary/aromatic N) is 3. The number of rotatable bonds is 4. The van der Waals surface area contributed by atoms with E-state index in [1.54, 1.807) is 0 Å². The molecule has 0 amide bonds. The van der Waals surface area contributed by atoms with Gasteiger partial charge in [0.25, 0.3) is 0 Å². The highest BCUT2D eigenvalue weighted by Crippen LogP contribution is 2.23. The van der Waals surface area contributed by atoms with Gasteiger partial charge in [0.05, 0.1) is 17.7 Å².